The zero-order chi connectivity index (χ0) is 16.4. The molecule has 8 heteroatoms. The molecule has 0 spiro atoms. The monoisotopic (exact) mass is 316 g/mol. The maximum Gasteiger partial charge on any atom is 0.254 e. The Balaban J connectivity index is 2.21. The highest BCUT2D eigenvalue weighted by atomic mass is 19.1. The number of methoxy groups -OCH3 is 1. The number of rotatable bonds is 9. The Labute approximate surface area is 126 Å². The lowest BCUT2D eigenvalue weighted by Gasteiger charge is -2.08. The molecule has 0 saturated carbocycles. The van der Waals surface area contributed by atoms with Gasteiger partial charge in [-0.15, -0.1) is 0 Å². The number of nitrogens with one attached hydrogen (secondary N) is 2. The highest BCUT2D eigenvalue weighted by Crippen LogP contribution is 2.08. The third kappa shape index (κ3) is 6.59. The summed E-state index contributed by atoms with van der Waals surface area (Å²) in [6, 6.07) is 2.69. The topological polar surface area (TPSA) is 76.7 Å². The maximum absolute atomic E-state index is 13.3. The van der Waals surface area contributed by atoms with Gasteiger partial charge in [0.05, 0.1) is 18.8 Å². The molecule has 0 saturated heterocycles. The highest BCUT2D eigenvalue weighted by Gasteiger charge is 2.11. The first-order valence-corrected chi connectivity index (χ1v) is 6.61. The first kappa shape index (κ1) is 18.0. The van der Waals surface area contributed by atoms with Crippen molar-refractivity contribution in [1.82, 2.24) is 10.6 Å². The van der Waals surface area contributed by atoms with E-state index >= 15 is 0 Å². The summed E-state index contributed by atoms with van der Waals surface area (Å²) in [5.74, 6) is -2.70. The first-order valence-electron chi connectivity index (χ1n) is 6.61. The predicted octanol–water partition coefficient (Wildman–Crippen LogP) is 0.474. The number of carbonyl (C=O) groups is 2. The van der Waals surface area contributed by atoms with Crippen LogP contribution in [0.1, 0.15) is 10.4 Å². The van der Waals surface area contributed by atoms with Crippen molar-refractivity contribution in [3.8, 4) is 0 Å². The summed E-state index contributed by atoms with van der Waals surface area (Å²) in [5.41, 5.74) is -0.254. The van der Waals surface area contributed by atoms with E-state index in [0.717, 1.165) is 12.1 Å². The molecule has 0 aliphatic heterocycles. The number of carbonyl (C=O) groups excluding carboxylic acids is 2. The number of halogens is 2. The average molecular weight is 316 g/mol. The lowest BCUT2D eigenvalue weighted by molar-refractivity contribution is -0.126. The van der Waals surface area contributed by atoms with Crippen molar-refractivity contribution in [3.05, 3.63) is 35.4 Å². The van der Waals surface area contributed by atoms with E-state index in [4.69, 9.17) is 9.47 Å². The van der Waals surface area contributed by atoms with Crippen LogP contribution in [0.5, 0.6) is 0 Å². The van der Waals surface area contributed by atoms with Crippen molar-refractivity contribution in [1.29, 1.82) is 0 Å². The van der Waals surface area contributed by atoms with Crippen LogP contribution < -0.4 is 10.6 Å². The van der Waals surface area contributed by atoms with E-state index in [1.807, 2.05) is 0 Å². The number of hydrogen-bond acceptors (Lipinski definition) is 4. The summed E-state index contributed by atoms with van der Waals surface area (Å²) in [7, 11) is 1.52. The summed E-state index contributed by atoms with van der Waals surface area (Å²) in [4.78, 5) is 23.0. The van der Waals surface area contributed by atoms with Gasteiger partial charge in [-0.05, 0) is 12.1 Å². The Bertz CT molecular complexity index is 512. The molecule has 1 rings (SSSR count). The van der Waals surface area contributed by atoms with Gasteiger partial charge in [-0.25, -0.2) is 8.78 Å². The van der Waals surface area contributed by atoms with Crippen LogP contribution in [0.25, 0.3) is 0 Å². The third-order valence-electron chi connectivity index (χ3n) is 2.57. The van der Waals surface area contributed by atoms with Crippen molar-refractivity contribution in [2.24, 2.45) is 0 Å². The molecule has 6 nitrogen and oxygen atoms in total. The Hall–Kier alpha value is -2.06. The van der Waals surface area contributed by atoms with Gasteiger partial charge >= 0.3 is 0 Å². The predicted molar refractivity (Wildman–Crippen MR) is 74.4 cm³/mol. The number of ether oxygens (including phenoxy) is 2. The van der Waals surface area contributed by atoms with Gasteiger partial charge in [-0.2, -0.15) is 0 Å². The van der Waals surface area contributed by atoms with Crippen molar-refractivity contribution in [2.45, 2.75) is 0 Å². The average Bonchev–Trinajstić information content (AvgIpc) is 2.48. The molecule has 2 amide bonds. The SMILES string of the molecule is COCCOCC(=O)NCCNC(=O)c1ccc(F)cc1F. The zero-order valence-corrected chi connectivity index (χ0v) is 12.2. The van der Waals surface area contributed by atoms with Gasteiger partial charge in [0.1, 0.15) is 18.2 Å². The highest BCUT2D eigenvalue weighted by molar-refractivity contribution is 5.94. The smallest absolute Gasteiger partial charge is 0.254 e. The molecule has 2 N–H and O–H groups in total. The first-order chi connectivity index (χ1) is 10.5. The molecule has 0 unspecified atom stereocenters. The van der Waals surface area contributed by atoms with E-state index in [-0.39, 0.29) is 31.2 Å². The van der Waals surface area contributed by atoms with E-state index in [2.05, 4.69) is 10.6 Å². The second-order valence-corrected chi connectivity index (χ2v) is 4.28. The minimum absolute atomic E-state index is 0.107. The van der Waals surface area contributed by atoms with Crippen LogP contribution in [0.4, 0.5) is 8.78 Å². The Morgan fingerprint density at radius 2 is 1.86 bits per heavy atom. The quantitative estimate of drug-likeness (QED) is 0.650. The van der Waals surface area contributed by atoms with Crippen LogP contribution in [0.15, 0.2) is 18.2 Å². The van der Waals surface area contributed by atoms with Crippen molar-refractivity contribution < 1.29 is 27.8 Å². The van der Waals surface area contributed by atoms with Gasteiger partial charge < -0.3 is 20.1 Å². The molecule has 0 radical (unpaired) electrons. The van der Waals surface area contributed by atoms with Crippen molar-refractivity contribution in [2.75, 3.05) is 40.0 Å². The summed E-state index contributed by atoms with van der Waals surface area (Å²) < 4.78 is 35.8. The molecular formula is C14H18F2N2O4. The zero-order valence-electron chi connectivity index (χ0n) is 12.2. The van der Waals surface area contributed by atoms with E-state index in [0.29, 0.717) is 19.3 Å². The molecule has 1 aromatic carbocycles. The van der Waals surface area contributed by atoms with E-state index < -0.39 is 17.5 Å². The summed E-state index contributed by atoms with van der Waals surface area (Å²) in [6.45, 7) is 0.876. The Morgan fingerprint density at radius 3 is 2.55 bits per heavy atom. The van der Waals surface area contributed by atoms with Crippen LogP contribution in [0.2, 0.25) is 0 Å². The second kappa shape index (κ2) is 9.80. The van der Waals surface area contributed by atoms with Crippen molar-refractivity contribution >= 4 is 11.8 Å². The largest absolute Gasteiger partial charge is 0.382 e. The second-order valence-electron chi connectivity index (χ2n) is 4.28. The Morgan fingerprint density at radius 1 is 1.14 bits per heavy atom. The van der Waals surface area contributed by atoms with Crippen LogP contribution >= 0.6 is 0 Å². The molecule has 0 fully saturated rings. The molecule has 0 aliphatic rings. The molecule has 122 valence electrons. The number of hydrogen-bond donors (Lipinski definition) is 2. The summed E-state index contributed by atoms with van der Waals surface area (Å²) in [6.07, 6.45) is 0. The van der Waals surface area contributed by atoms with Crippen LogP contribution in [0, 0.1) is 11.6 Å². The third-order valence-corrected chi connectivity index (χ3v) is 2.57. The molecule has 0 aliphatic carbocycles. The fourth-order valence-electron chi connectivity index (χ4n) is 1.50. The van der Waals surface area contributed by atoms with E-state index in [1.54, 1.807) is 0 Å². The van der Waals surface area contributed by atoms with Gasteiger partial charge in [0.15, 0.2) is 0 Å². The van der Waals surface area contributed by atoms with E-state index in [9.17, 15) is 18.4 Å². The molecule has 0 heterocycles. The van der Waals surface area contributed by atoms with Gasteiger partial charge in [0.25, 0.3) is 5.91 Å². The van der Waals surface area contributed by atoms with E-state index in [1.165, 1.54) is 7.11 Å². The lowest BCUT2D eigenvalue weighted by Crippen LogP contribution is -2.36. The number of benzene rings is 1. The number of amides is 2. The molecule has 0 aromatic heterocycles. The standard InChI is InChI=1S/C14H18F2N2O4/c1-21-6-7-22-9-13(19)17-4-5-18-14(20)11-3-2-10(15)8-12(11)16/h2-3,8H,4-7,9H2,1H3,(H,17,19)(H,18,20). The lowest BCUT2D eigenvalue weighted by atomic mass is 10.2. The van der Waals surface area contributed by atoms with Crippen LogP contribution in [-0.4, -0.2) is 51.8 Å². The fourth-order valence-corrected chi connectivity index (χ4v) is 1.50. The van der Waals surface area contributed by atoms with Gasteiger partial charge in [-0.3, -0.25) is 9.59 Å². The summed E-state index contributed by atoms with van der Waals surface area (Å²) in [5, 5.41) is 4.93. The minimum Gasteiger partial charge on any atom is -0.382 e. The maximum atomic E-state index is 13.3. The molecule has 22 heavy (non-hydrogen) atoms. The fraction of sp³-hybridized carbons (Fsp3) is 0.429. The van der Waals surface area contributed by atoms with Gasteiger partial charge in [-0.1, -0.05) is 0 Å². The van der Waals surface area contributed by atoms with Crippen LogP contribution in [-0.2, 0) is 14.3 Å². The normalized spacial score (nSPS) is 10.3. The molecule has 1 aromatic rings. The van der Waals surface area contributed by atoms with Gasteiger partial charge in [0.2, 0.25) is 5.91 Å². The summed E-state index contributed by atoms with van der Waals surface area (Å²) >= 11 is 0. The minimum atomic E-state index is -0.937. The van der Waals surface area contributed by atoms with Crippen molar-refractivity contribution in [3.63, 3.8) is 0 Å². The molecule has 0 bridgehead atoms. The molecular weight excluding hydrogens is 298 g/mol. The Kier molecular flexibility index (Phi) is 8.01. The van der Waals surface area contributed by atoms with Gasteiger partial charge in [0, 0.05) is 26.3 Å². The van der Waals surface area contributed by atoms with Crippen LogP contribution in [0.3, 0.4) is 0 Å². The molecule has 0 atom stereocenters.